The molecular weight excluding hydrogens is 711 g/mol. The number of ether oxygens (including phenoxy) is 4. The topological polar surface area (TPSA) is 167 Å². The van der Waals surface area contributed by atoms with Gasteiger partial charge in [-0.05, 0) is 107 Å². The molecule has 0 unspecified atom stereocenters. The van der Waals surface area contributed by atoms with E-state index in [1.54, 1.807) is 30.3 Å². The van der Waals surface area contributed by atoms with Gasteiger partial charge in [-0.15, -0.1) is 11.8 Å². The molecule has 0 radical (unpaired) electrons. The van der Waals surface area contributed by atoms with Gasteiger partial charge in [0.1, 0.15) is 11.5 Å². The van der Waals surface area contributed by atoms with Crippen molar-refractivity contribution in [1.29, 1.82) is 0 Å². The predicted molar refractivity (Wildman–Crippen MR) is 187 cm³/mol. The predicted octanol–water partition coefficient (Wildman–Crippen LogP) is 3.71. The molecule has 1 amide bonds. The molecule has 284 valence electrons. The molecule has 0 aromatic heterocycles. The normalized spacial score (nSPS) is 48.1. The van der Waals surface area contributed by atoms with Crippen LogP contribution < -0.4 is 5.32 Å². The van der Waals surface area contributed by atoms with Crippen LogP contribution in [0.25, 0.3) is 0 Å². The van der Waals surface area contributed by atoms with Crippen molar-refractivity contribution in [1.82, 2.24) is 5.32 Å². The molecule has 14 heteroatoms. The number of aliphatic hydroxyl groups is 2. The molecule has 12 nitrogen and oxygen atoms in total. The maximum atomic E-state index is 13.8. The van der Waals surface area contributed by atoms with Crippen molar-refractivity contribution in [3.63, 3.8) is 0 Å². The van der Waals surface area contributed by atoms with E-state index in [2.05, 4.69) is 12.2 Å². The SMILES string of the molecule is Cc1ccc(S(=O)(=O)OC[C@]23C[C@H]4O[C@]5(O)[C@@H](O[C@H](C)C[C@@]56NC(=O)CS6)O[C@@H]4C[C@@H]2CC[C@@H]2[C@@H]3CC[C@]3(C)[C@@H](C4=CC(=O)OC4)CC[C@]23O)cc1. The van der Waals surface area contributed by atoms with Crippen molar-refractivity contribution in [2.75, 3.05) is 19.0 Å². The third kappa shape index (κ3) is 5.03. The van der Waals surface area contributed by atoms with Gasteiger partial charge in [0, 0.05) is 23.3 Å². The minimum Gasteiger partial charge on any atom is -0.458 e. The second-order valence-corrected chi connectivity index (χ2v) is 20.1. The van der Waals surface area contributed by atoms with Crippen LogP contribution in [0.3, 0.4) is 0 Å². The first-order valence-electron chi connectivity index (χ1n) is 18.8. The number of carbonyl (C=O) groups is 2. The third-order valence-electron chi connectivity index (χ3n) is 14.7. The molecule has 4 aliphatic heterocycles. The van der Waals surface area contributed by atoms with Gasteiger partial charge < -0.3 is 34.5 Å². The lowest BCUT2D eigenvalue weighted by Gasteiger charge is -2.66. The van der Waals surface area contributed by atoms with Crippen molar-refractivity contribution >= 4 is 33.8 Å². The quantitative estimate of drug-likeness (QED) is 0.227. The van der Waals surface area contributed by atoms with Gasteiger partial charge >= 0.3 is 5.97 Å². The largest absolute Gasteiger partial charge is 0.458 e. The first kappa shape index (κ1) is 35.6. The number of aryl methyl sites for hydroxylation is 1. The number of hydrogen-bond acceptors (Lipinski definition) is 12. The lowest BCUT2D eigenvalue weighted by atomic mass is 9.42. The molecule has 0 bridgehead atoms. The van der Waals surface area contributed by atoms with E-state index in [1.807, 2.05) is 13.8 Å². The molecule has 4 saturated carbocycles. The maximum absolute atomic E-state index is 13.8. The van der Waals surface area contributed by atoms with Crippen LogP contribution in [0.5, 0.6) is 0 Å². The zero-order valence-corrected chi connectivity index (χ0v) is 31.5. The van der Waals surface area contributed by atoms with Gasteiger partial charge in [-0.25, -0.2) is 4.79 Å². The van der Waals surface area contributed by atoms with E-state index in [0.717, 1.165) is 36.8 Å². The summed E-state index contributed by atoms with van der Waals surface area (Å²) < 4.78 is 58.6. The molecule has 7 fully saturated rings. The van der Waals surface area contributed by atoms with Gasteiger partial charge in [0.2, 0.25) is 12.2 Å². The highest BCUT2D eigenvalue weighted by molar-refractivity contribution is 8.01. The number of amides is 1. The van der Waals surface area contributed by atoms with E-state index < -0.39 is 55.7 Å². The van der Waals surface area contributed by atoms with Crippen molar-refractivity contribution in [3.05, 3.63) is 41.5 Å². The van der Waals surface area contributed by atoms with E-state index in [-0.39, 0.29) is 65.5 Å². The zero-order valence-electron chi connectivity index (χ0n) is 29.9. The summed E-state index contributed by atoms with van der Waals surface area (Å²) in [6.07, 6.45) is 4.55. The molecule has 52 heavy (non-hydrogen) atoms. The first-order valence-corrected chi connectivity index (χ1v) is 21.2. The van der Waals surface area contributed by atoms with Gasteiger partial charge in [-0.1, -0.05) is 24.6 Å². The Morgan fingerprint density at radius 2 is 1.79 bits per heavy atom. The van der Waals surface area contributed by atoms with Crippen molar-refractivity contribution in [2.24, 2.45) is 34.5 Å². The second-order valence-electron chi connectivity index (χ2n) is 17.2. The third-order valence-corrected chi connectivity index (χ3v) is 17.4. The molecule has 13 atom stereocenters. The number of thioether (sulfide) groups is 1. The number of benzene rings is 1. The van der Waals surface area contributed by atoms with E-state index in [9.17, 15) is 28.2 Å². The minimum atomic E-state index is -4.14. The van der Waals surface area contributed by atoms with Crippen LogP contribution in [0.4, 0.5) is 0 Å². The van der Waals surface area contributed by atoms with Crippen LogP contribution in [-0.4, -0.2) is 90.3 Å². The second kappa shape index (κ2) is 12.0. The molecule has 4 aliphatic carbocycles. The highest BCUT2D eigenvalue weighted by Gasteiger charge is 2.73. The monoisotopic (exact) mass is 759 g/mol. The summed E-state index contributed by atoms with van der Waals surface area (Å²) >= 11 is 1.31. The smallest absolute Gasteiger partial charge is 0.331 e. The average Bonchev–Trinajstić information content (AvgIpc) is 3.77. The van der Waals surface area contributed by atoms with E-state index >= 15 is 0 Å². The average molecular weight is 760 g/mol. The Kier molecular flexibility index (Phi) is 8.21. The molecule has 9 rings (SSSR count). The van der Waals surface area contributed by atoms with Crippen LogP contribution >= 0.6 is 11.8 Å². The number of esters is 1. The minimum absolute atomic E-state index is 0.0118. The Bertz CT molecular complexity index is 1810. The Morgan fingerprint density at radius 1 is 1.00 bits per heavy atom. The van der Waals surface area contributed by atoms with Crippen molar-refractivity contribution < 1.29 is 51.4 Å². The van der Waals surface area contributed by atoms with Crippen molar-refractivity contribution in [3.8, 4) is 0 Å². The number of cyclic esters (lactones) is 1. The van der Waals surface area contributed by atoms with Gasteiger partial charge in [0.25, 0.3) is 15.9 Å². The summed E-state index contributed by atoms with van der Waals surface area (Å²) in [5, 5.41) is 28.3. The molecule has 1 spiro atoms. The number of carbonyl (C=O) groups excluding carboxylic acids is 2. The lowest BCUT2D eigenvalue weighted by molar-refractivity contribution is -0.449. The summed E-state index contributed by atoms with van der Waals surface area (Å²) in [5.74, 6) is -2.59. The van der Waals surface area contributed by atoms with Crippen LogP contribution in [0, 0.1) is 41.4 Å². The number of fused-ring (bicyclic) bond motifs is 8. The highest BCUT2D eigenvalue weighted by atomic mass is 32.2. The fourth-order valence-corrected chi connectivity index (χ4v) is 14.5. The Balaban J connectivity index is 1.08. The molecule has 8 aliphatic rings. The first-order chi connectivity index (χ1) is 24.6. The molecule has 3 saturated heterocycles. The Labute approximate surface area is 308 Å². The fraction of sp³-hybridized carbons (Fsp3) is 0.737. The maximum Gasteiger partial charge on any atom is 0.331 e. The summed E-state index contributed by atoms with van der Waals surface area (Å²) in [5.41, 5.74) is -0.389. The molecule has 1 aromatic rings. The summed E-state index contributed by atoms with van der Waals surface area (Å²) in [4.78, 5) is 23.6. The number of nitrogens with one attached hydrogen (secondary N) is 1. The van der Waals surface area contributed by atoms with E-state index in [1.165, 1.54) is 11.8 Å². The Hall–Kier alpha value is -2.04. The Morgan fingerprint density at radius 3 is 2.50 bits per heavy atom. The molecular formula is C38H49NO11S2. The molecule has 4 heterocycles. The molecule has 3 N–H and O–H groups in total. The summed E-state index contributed by atoms with van der Waals surface area (Å²) in [6.45, 7) is 6.10. The standard InChI is InChI=1S/C38H49NO11S2/c1-21-4-7-25(8-5-21)52(44,45)47-20-35-17-30-29(49-33-38(43,50-30)37(16-22(2)48-33)39-31(40)19-51-37)15-24(35)6-9-28-27(35)10-12-34(3)26(11-13-36(28,34)42)23-14-32(41)46-18-23/h4-5,7-8,14,22,24,26-30,33,42-43H,6,9-13,15-20H2,1-3H3,(H,39,40)/t22-,24+,26-,27+,28-,29-,30-,33+,34-,35-,36+,37+,38-/m1/s1. The summed E-state index contributed by atoms with van der Waals surface area (Å²) in [6, 6.07) is 6.62. The highest BCUT2D eigenvalue weighted by Crippen LogP contribution is 2.71. The summed E-state index contributed by atoms with van der Waals surface area (Å²) in [7, 11) is -4.14. The number of hydrogen-bond donors (Lipinski definition) is 3. The van der Waals surface area contributed by atoms with E-state index in [0.29, 0.717) is 32.1 Å². The molecule has 1 aromatic carbocycles. The van der Waals surface area contributed by atoms with Gasteiger partial charge in [-0.2, -0.15) is 8.42 Å². The van der Waals surface area contributed by atoms with Crippen LogP contribution in [-0.2, 0) is 42.8 Å². The van der Waals surface area contributed by atoms with Gasteiger partial charge in [0.05, 0.1) is 41.2 Å². The van der Waals surface area contributed by atoms with Crippen LogP contribution in [0.1, 0.15) is 77.2 Å². The van der Waals surface area contributed by atoms with Crippen LogP contribution in [0.15, 0.2) is 40.8 Å². The van der Waals surface area contributed by atoms with Crippen LogP contribution in [0.2, 0.25) is 0 Å². The lowest BCUT2D eigenvalue weighted by Crippen LogP contribution is -2.76. The zero-order chi connectivity index (χ0) is 36.5. The number of rotatable bonds is 5. The van der Waals surface area contributed by atoms with Gasteiger partial charge in [-0.3, -0.25) is 8.98 Å². The van der Waals surface area contributed by atoms with E-state index in [4.69, 9.17) is 23.1 Å². The fourth-order valence-electron chi connectivity index (χ4n) is 12.2. The van der Waals surface area contributed by atoms with Crippen molar-refractivity contribution in [2.45, 2.75) is 124 Å². The van der Waals surface area contributed by atoms with Gasteiger partial charge in [0.15, 0.2) is 0 Å².